The quantitative estimate of drug-likeness (QED) is 0.554. The molecule has 4 rings (SSSR count). The Kier molecular flexibility index (Phi) is 6.50. The number of rotatable bonds is 7. The van der Waals surface area contributed by atoms with Crippen LogP contribution in [0.4, 0.5) is 0 Å². The van der Waals surface area contributed by atoms with Crippen molar-refractivity contribution in [2.75, 3.05) is 13.2 Å². The zero-order valence-corrected chi connectivity index (χ0v) is 18.9. The van der Waals surface area contributed by atoms with Crippen LogP contribution >= 0.6 is 11.3 Å². The molecule has 7 nitrogen and oxygen atoms in total. The van der Waals surface area contributed by atoms with E-state index in [-0.39, 0.29) is 11.6 Å². The molecule has 0 spiro atoms. The highest BCUT2D eigenvalue weighted by Crippen LogP contribution is 2.27. The van der Waals surface area contributed by atoms with Crippen molar-refractivity contribution >= 4 is 17.3 Å². The second kappa shape index (κ2) is 9.30. The summed E-state index contributed by atoms with van der Waals surface area (Å²) in [5, 5.41) is 10.8. The largest absolute Gasteiger partial charge is 0.462 e. The highest BCUT2D eigenvalue weighted by Gasteiger charge is 2.29. The van der Waals surface area contributed by atoms with Gasteiger partial charge in [0, 0.05) is 30.1 Å². The predicted octanol–water partition coefficient (Wildman–Crippen LogP) is 4.22. The molecule has 0 unspecified atom stereocenters. The summed E-state index contributed by atoms with van der Waals surface area (Å²) in [6.45, 7) is 7.56. The maximum atomic E-state index is 12.6. The zero-order valence-electron chi connectivity index (χ0n) is 18.1. The summed E-state index contributed by atoms with van der Waals surface area (Å²) in [5.74, 6) is -0.363. The Balaban J connectivity index is 1.61. The van der Waals surface area contributed by atoms with Gasteiger partial charge in [-0.25, -0.2) is 14.5 Å². The van der Waals surface area contributed by atoms with Crippen LogP contribution in [0.2, 0.25) is 0 Å². The lowest BCUT2D eigenvalue weighted by Crippen LogP contribution is -2.43. The Morgan fingerprint density at radius 1 is 1.35 bits per heavy atom. The number of ether oxygens (including phenoxy) is 2. The molecule has 3 aromatic rings. The number of esters is 1. The van der Waals surface area contributed by atoms with Crippen molar-refractivity contribution < 1.29 is 14.3 Å². The molecule has 1 aliphatic heterocycles. The molecule has 0 saturated carbocycles. The van der Waals surface area contributed by atoms with Crippen molar-refractivity contribution in [1.82, 2.24) is 20.1 Å². The minimum Gasteiger partial charge on any atom is -0.462 e. The smallest absolute Gasteiger partial charge is 0.341 e. The molecule has 164 valence electrons. The van der Waals surface area contributed by atoms with Crippen LogP contribution in [0, 0.1) is 0 Å². The number of hydrogen-bond donors (Lipinski definition) is 1. The third kappa shape index (κ3) is 5.03. The molecule has 0 aliphatic carbocycles. The summed E-state index contributed by atoms with van der Waals surface area (Å²) in [5.41, 5.74) is 3.01. The second-order valence-electron chi connectivity index (χ2n) is 8.20. The van der Waals surface area contributed by atoms with Crippen molar-refractivity contribution in [3.63, 3.8) is 0 Å². The van der Waals surface area contributed by atoms with E-state index in [4.69, 9.17) is 14.5 Å². The highest BCUT2D eigenvalue weighted by molar-refractivity contribution is 7.12. The Morgan fingerprint density at radius 2 is 2.16 bits per heavy atom. The lowest BCUT2D eigenvalue weighted by atomic mass is 9.94. The molecule has 1 N–H and O–H groups in total. The molecule has 1 saturated heterocycles. The standard InChI is InChI=1S/C23H28N4O3S/c1-4-29-21(28)18-13-25-27(20(18)14-24-17-10-11-30-23(2,3)12-17)22-26-19(15-31-22)16-8-6-5-7-9-16/h5-9,13,15,17,24H,4,10-12,14H2,1-3H3/t17-/m0/s1. The maximum absolute atomic E-state index is 12.6. The first kappa shape index (κ1) is 21.7. The average Bonchev–Trinajstić information content (AvgIpc) is 3.39. The van der Waals surface area contributed by atoms with E-state index in [1.165, 1.54) is 11.3 Å². The van der Waals surface area contributed by atoms with Gasteiger partial charge in [-0.15, -0.1) is 11.3 Å². The SMILES string of the molecule is CCOC(=O)c1cnn(-c2nc(-c3ccccc3)cs2)c1CN[C@H]1CCOC(C)(C)C1. The summed E-state index contributed by atoms with van der Waals surface area (Å²) >= 11 is 1.50. The van der Waals surface area contributed by atoms with Crippen molar-refractivity contribution in [3.8, 4) is 16.4 Å². The number of benzene rings is 1. The van der Waals surface area contributed by atoms with Crippen LogP contribution < -0.4 is 5.32 Å². The van der Waals surface area contributed by atoms with Crippen molar-refractivity contribution in [2.24, 2.45) is 0 Å². The van der Waals surface area contributed by atoms with Gasteiger partial charge in [0.2, 0.25) is 5.13 Å². The molecule has 31 heavy (non-hydrogen) atoms. The molecule has 0 bridgehead atoms. The van der Waals surface area contributed by atoms with E-state index < -0.39 is 0 Å². The molecule has 0 amide bonds. The van der Waals surface area contributed by atoms with Crippen molar-refractivity contribution in [2.45, 2.75) is 51.8 Å². The Morgan fingerprint density at radius 3 is 2.90 bits per heavy atom. The molecule has 3 heterocycles. The van der Waals surface area contributed by atoms with E-state index in [1.807, 2.05) is 35.7 Å². The number of hydrogen-bond acceptors (Lipinski definition) is 7. The van der Waals surface area contributed by atoms with E-state index in [2.05, 4.69) is 24.3 Å². The number of carbonyl (C=O) groups excluding carboxylic acids is 1. The molecule has 1 aromatic carbocycles. The molecule has 0 radical (unpaired) electrons. The van der Waals surface area contributed by atoms with Crippen molar-refractivity contribution in [1.29, 1.82) is 0 Å². The van der Waals surface area contributed by atoms with E-state index in [0.29, 0.717) is 24.8 Å². The van der Waals surface area contributed by atoms with E-state index in [9.17, 15) is 4.79 Å². The van der Waals surface area contributed by atoms with Crippen molar-refractivity contribution in [3.05, 3.63) is 53.2 Å². The predicted molar refractivity (Wildman–Crippen MR) is 121 cm³/mol. The fourth-order valence-electron chi connectivity index (χ4n) is 3.84. The van der Waals surface area contributed by atoms with E-state index in [1.54, 1.807) is 17.8 Å². The van der Waals surface area contributed by atoms with Crippen LogP contribution in [-0.2, 0) is 16.0 Å². The zero-order chi connectivity index (χ0) is 21.8. The minimum atomic E-state index is -0.363. The molecule has 8 heteroatoms. The number of nitrogens with one attached hydrogen (secondary N) is 1. The summed E-state index contributed by atoms with van der Waals surface area (Å²) < 4.78 is 12.8. The van der Waals surface area contributed by atoms with Gasteiger partial charge in [0.15, 0.2) is 0 Å². The molecule has 1 aliphatic rings. The first-order valence-corrected chi connectivity index (χ1v) is 11.5. The lowest BCUT2D eigenvalue weighted by Gasteiger charge is -2.36. The third-order valence-corrected chi connectivity index (χ3v) is 6.18. The van der Waals surface area contributed by atoms with Crippen LogP contribution in [0.5, 0.6) is 0 Å². The number of aromatic nitrogens is 3. The minimum absolute atomic E-state index is 0.153. The van der Waals surface area contributed by atoms with Gasteiger partial charge in [-0.05, 0) is 33.6 Å². The van der Waals surface area contributed by atoms with Gasteiger partial charge in [-0.2, -0.15) is 5.10 Å². The number of nitrogens with zero attached hydrogens (tertiary/aromatic N) is 3. The van der Waals surface area contributed by atoms with E-state index in [0.717, 1.165) is 41.5 Å². The fourth-order valence-corrected chi connectivity index (χ4v) is 4.65. The normalized spacial score (nSPS) is 18.1. The second-order valence-corrected chi connectivity index (χ2v) is 9.03. The average molecular weight is 441 g/mol. The Hall–Kier alpha value is -2.55. The number of thiazole rings is 1. The Labute approximate surface area is 186 Å². The monoisotopic (exact) mass is 440 g/mol. The summed E-state index contributed by atoms with van der Waals surface area (Å²) in [4.78, 5) is 17.3. The van der Waals surface area contributed by atoms with Gasteiger partial charge < -0.3 is 14.8 Å². The van der Waals surface area contributed by atoms with Gasteiger partial charge in [0.1, 0.15) is 5.56 Å². The summed E-state index contributed by atoms with van der Waals surface area (Å²) in [7, 11) is 0. The topological polar surface area (TPSA) is 78.3 Å². The first-order valence-electron chi connectivity index (χ1n) is 10.6. The third-order valence-electron chi connectivity index (χ3n) is 5.36. The highest BCUT2D eigenvalue weighted by atomic mass is 32.1. The van der Waals surface area contributed by atoms with Gasteiger partial charge >= 0.3 is 5.97 Å². The molecule has 1 atom stereocenters. The van der Waals surface area contributed by atoms with Gasteiger partial charge in [-0.3, -0.25) is 0 Å². The van der Waals surface area contributed by atoms with Crippen LogP contribution in [-0.4, -0.2) is 45.6 Å². The molecular weight excluding hydrogens is 412 g/mol. The molecule has 2 aromatic heterocycles. The van der Waals surface area contributed by atoms with Crippen LogP contribution in [0.15, 0.2) is 41.9 Å². The fraction of sp³-hybridized carbons (Fsp3) is 0.435. The molecule has 1 fully saturated rings. The first-order chi connectivity index (χ1) is 15.0. The van der Waals surface area contributed by atoms with Gasteiger partial charge in [-0.1, -0.05) is 30.3 Å². The molecular formula is C23H28N4O3S. The van der Waals surface area contributed by atoms with Crippen LogP contribution in [0.25, 0.3) is 16.4 Å². The van der Waals surface area contributed by atoms with E-state index >= 15 is 0 Å². The summed E-state index contributed by atoms with van der Waals surface area (Å²) in [6, 6.07) is 10.3. The number of carbonyl (C=O) groups is 1. The lowest BCUT2D eigenvalue weighted by molar-refractivity contribution is -0.0631. The summed E-state index contributed by atoms with van der Waals surface area (Å²) in [6.07, 6.45) is 3.42. The Bertz CT molecular complexity index is 1030. The van der Waals surface area contributed by atoms with Gasteiger partial charge in [0.05, 0.1) is 29.8 Å². The van der Waals surface area contributed by atoms with Gasteiger partial charge in [0.25, 0.3) is 0 Å². The van der Waals surface area contributed by atoms with Crippen LogP contribution in [0.3, 0.4) is 0 Å². The van der Waals surface area contributed by atoms with Crippen LogP contribution in [0.1, 0.15) is 49.7 Å². The maximum Gasteiger partial charge on any atom is 0.341 e.